The monoisotopic (exact) mass is 320 g/mol. The van der Waals surface area contributed by atoms with E-state index in [1.807, 2.05) is 0 Å². The Hall–Kier alpha value is -2.40. The van der Waals surface area contributed by atoms with Gasteiger partial charge in [0.05, 0.1) is 17.7 Å². The van der Waals surface area contributed by atoms with Crippen LogP contribution in [0.3, 0.4) is 0 Å². The molecule has 1 unspecified atom stereocenters. The van der Waals surface area contributed by atoms with Crippen LogP contribution in [0.15, 0.2) is 36.4 Å². The molecule has 0 bridgehead atoms. The summed E-state index contributed by atoms with van der Waals surface area (Å²) >= 11 is 6.12. The summed E-state index contributed by atoms with van der Waals surface area (Å²) in [5.74, 6) is 0.658. The maximum absolute atomic E-state index is 11.5. The molecule has 1 heterocycles. The summed E-state index contributed by atoms with van der Waals surface area (Å²) in [6, 6.07) is 9.53. The zero-order valence-electron chi connectivity index (χ0n) is 11.7. The molecule has 1 aliphatic heterocycles. The molecule has 0 spiro atoms. The van der Waals surface area contributed by atoms with Gasteiger partial charge in [-0.3, -0.25) is 0 Å². The number of carbonyl (C=O) groups excluding carboxylic acids is 1. The number of phenols is 1. The van der Waals surface area contributed by atoms with E-state index in [1.165, 1.54) is 13.2 Å². The fraction of sp³-hybridized carbons (Fsp3) is 0.188. The van der Waals surface area contributed by atoms with Gasteiger partial charge in [0.1, 0.15) is 12.4 Å². The largest absolute Gasteiger partial charge is 0.508 e. The molecule has 0 radical (unpaired) electrons. The van der Waals surface area contributed by atoms with E-state index in [2.05, 4.69) is 4.74 Å². The zero-order chi connectivity index (χ0) is 15.7. The Morgan fingerprint density at radius 1 is 1.27 bits per heavy atom. The number of fused-ring (bicyclic) bond motifs is 1. The number of hydrogen-bond acceptors (Lipinski definition) is 5. The van der Waals surface area contributed by atoms with Gasteiger partial charge in [0.2, 0.25) is 0 Å². The fourth-order valence-corrected chi connectivity index (χ4v) is 2.54. The van der Waals surface area contributed by atoms with Gasteiger partial charge in [0.15, 0.2) is 17.6 Å². The van der Waals surface area contributed by atoms with E-state index in [-0.39, 0.29) is 18.5 Å². The molecule has 0 saturated carbocycles. The summed E-state index contributed by atoms with van der Waals surface area (Å²) < 4.78 is 16.2. The van der Waals surface area contributed by atoms with E-state index in [1.54, 1.807) is 30.3 Å². The van der Waals surface area contributed by atoms with Crippen molar-refractivity contribution in [1.82, 2.24) is 0 Å². The molecular weight excluding hydrogens is 308 g/mol. The number of halogens is 1. The van der Waals surface area contributed by atoms with Gasteiger partial charge in [0, 0.05) is 5.56 Å². The van der Waals surface area contributed by atoms with Crippen LogP contribution in [0.1, 0.15) is 22.0 Å². The maximum Gasteiger partial charge on any atom is 0.337 e. The minimum atomic E-state index is -0.435. The zero-order valence-corrected chi connectivity index (χ0v) is 12.5. The van der Waals surface area contributed by atoms with Crippen LogP contribution in [-0.4, -0.2) is 24.8 Å². The molecular formula is C16H13ClO5. The maximum atomic E-state index is 11.5. The number of aromatic hydroxyl groups is 1. The third-order valence-corrected chi connectivity index (χ3v) is 3.68. The van der Waals surface area contributed by atoms with Gasteiger partial charge in [-0.1, -0.05) is 17.7 Å². The van der Waals surface area contributed by atoms with E-state index in [0.29, 0.717) is 22.1 Å². The molecule has 0 amide bonds. The number of methoxy groups -OCH3 is 1. The smallest absolute Gasteiger partial charge is 0.337 e. The van der Waals surface area contributed by atoms with Gasteiger partial charge in [-0.05, 0) is 30.3 Å². The predicted molar refractivity (Wildman–Crippen MR) is 79.8 cm³/mol. The lowest BCUT2D eigenvalue weighted by atomic mass is 10.1. The van der Waals surface area contributed by atoms with Crippen LogP contribution >= 0.6 is 11.6 Å². The van der Waals surface area contributed by atoms with Crippen molar-refractivity contribution in [2.45, 2.75) is 6.10 Å². The molecule has 114 valence electrons. The predicted octanol–water partition coefficient (Wildman–Crippen LogP) is 3.34. The Kier molecular flexibility index (Phi) is 3.81. The van der Waals surface area contributed by atoms with Crippen molar-refractivity contribution in [2.24, 2.45) is 0 Å². The quantitative estimate of drug-likeness (QED) is 0.860. The number of rotatable bonds is 2. The van der Waals surface area contributed by atoms with Crippen molar-refractivity contribution in [3.05, 3.63) is 52.5 Å². The topological polar surface area (TPSA) is 65.0 Å². The molecule has 1 N–H and O–H groups in total. The average Bonchev–Trinajstić information content (AvgIpc) is 2.53. The Morgan fingerprint density at radius 3 is 2.82 bits per heavy atom. The molecule has 1 atom stereocenters. The summed E-state index contributed by atoms with van der Waals surface area (Å²) in [5, 5.41) is 9.81. The molecule has 0 aromatic heterocycles. The van der Waals surface area contributed by atoms with Gasteiger partial charge in [0.25, 0.3) is 0 Å². The lowest BCUT2D eigenvalue weighted by Crippen LogP contribution is -2.22. The highest BCUT2D eigenvalue weighted by Gasteiger charge is 2.25. The summed E-state index contributed by atoms with van der Waals surface area (Å²) in [6.45, 7) is 0.252. The van der Waals surface area contributed by atoms with Crippen LogP contribution in [0.4, 0.5) is 0 Å². The second kappa shape index (κ2) is 5.77. The third-order valence-electron chi connectivity index (χ3n) is 3.36. The van der Waals surface area contributed by atoms with Gasteiger partial charge in [-0.25, -0.2) is 4.79 Å². The fourth-order valence-electron chi connectivity index (χ4n) is 2.25. The lowest BCUT2D eigenvalue weighted by molar-refractivity contribution is 0.0597. The SMILES string of the molecule is COC(=O)c1ccc2c(c1)OCC(c1ccc(O)cc1Cl)O2. The van der Waals surface area contributed by atoms with E-state index in [4.69, 9.17) is 21.1 Å². The van der Waals surface area contributed by atoms with Crippen LogP contribution in [-0.2, 0) is 4.74 Å². The van der Waals surface area contributed by atoms with Crippen molar-refractivity contribution in [2.75, 3.05) is 13.7 Å². The van der Waals surface area contributed by atoms with Crippen LogP contribution in [0.2, 0.25) is 5.02 Å². The van der Waals surface area contributed by atoms with Gasteiger partial charge in [-0.2, -0.15) is 0 Å². The van der Waals surface area contributed by atoms with Crippen molar-refractivity contribution < 1.29 is 24.1 Å². The van der Waals surface area contributed by atoms with Crippen molar-refractivity contribution >= 4 is 17.6 Å². The molecule has 6 heteroatoms. The minimum Gasteiger partial charge on any atom is -0.508 e. The number of carbonyl (C=O) groups is 1. The Labute approximate surface area is 132 Å². The number of benzene rings is 2. The number of hydrogen-bond donors (Lipinski definition) is 1. The molecule has 0 saturated heterocycles. The summed E-state index contributed by atoms with van der Waals surface area (Å²) in [7, 11) is 1.32. The lowest BCUT2D eigenvalue weighted by Gasteiger charge is -2.27. The second-order valence-corrected chi connectivity index (χ2v) is 5.18. The Bertz CT molecular complexity index is 728. The highest BCUT2D eigenvalue weighted by atomic mass is 35.5. The van der Waals surface area contributed by atoms with Crippen LogP contribution < -0.4 is 9.47 Å². The average molecular weight is 321 g/mol. The van der Waals surface area contributed by atoms with Crippen LogP contribution in [0.5, 0.6) is 17.2 Å². The molecule has 5 nitrogen and oxygen atoms in total. The van der Waals surface area contributed by atoms with E-state index < -0.39 is 5.97 Å². The molecule has 0 aliphatic carbocycles. The van der Waals surface area contributed by atoms with Crippen molar-refractivity contribution in [1.29, 1.82) is 0 Å². The first-order valence-corrected chi connectivity index (χ1v) is 6.96. The summed E-state index contributed by atoms with van der Waals surface area (Å²) in [6.07, 6.45) is -0.385. The first-order valence-electron chi connectivity index (χ1n) is 6.58. The summed E-state index contributed by atoms with van der Waals surface area (Å²) in [4.78, 5) is 11.5. The Balaban J connectivity index is 1.86. The van der Waals surface area contributed by atoms with E-state index in [0.717, 1.165) is 5.56 Å². The van der Waals surface area contributed by atoms with E-state index >= 15 is 0 Å². The van der Waals surface area contributed by atoms with Gasteiger partial charge < -0.3 is 19.3 Å². The third kappa shape index (κ3) is 2.67. The standard InChI is InChI=1S/C16H13ClO5/c1-20-16(19)9-2-5-13-14(6-9)21-8-15(22-13)11-4-3-10(18)7-12(11)17/h2-7,15,18H,8H2,1H3. The van der Waals surface area contributed by atoms with E-state index in [9.17, 15) is 9.90 Å². The Morgan fingerprint density at radius 2 is 2.09 bits per heavy atom. The highest BCUT2D eigenvalue weighted by Crippen LogP contribution is 2.39. The van der Waals surface area contributed by atoms with Crippen LogP contribution in [0, 0.1) is 0 Å². The summed E-state index contributed by atoms with van der Waals surface area (Å²) in [5.41, 5.74) is 1.12. The molecule has 22 heavy (non-hydrogen) atoms. The first kappa shape index (κ1) is 14.5. The molecule has 0 fully saturated rings. The van der Waals surface area contributed by atoms with Crippen LogP contribution in [0.25, 0.3) is 0 Å². The number of ether oxygens (including phenoxy) is 3. The van der Waals surface area contributed by atoms with Crippen molar-refractivity contribution in [3.63, 3.8) is 0 Å². The highest BCUT2D eigenvalue weighted by molar-refractivity contribution is 6.31. The number of esters is 1. The molecule has 3 rings (SSSR count). The second-order valence-electron chi connectivity index (χ2n) is 4.78. The van der Waals surface area contributed by atoms with Gasteiger partial charge in [-0.15, -0.1) is 0 Å². The normalized spacial score (nSPS) is 16.2. The van der Waals surface area contributed by atoms with Gasteiger partial charge >= 0.3 is 5.97 Å². The molecule has 2 aromatic rings. The number of phenolic OH excluding ortho intramolecular Hbond substituents is 1. The van der Waals surface area contributed by atoms with Crippen molar-refractivity contribution in [3.8, 4) is 17.2 Å². The molecule has 2 aromatic carbocycles. The minimum absolute atomic E-state index is 0.0913. The molecule has 1 aliphatic rings. The first-order chi connectivity index (χ1) is 10.6.